The van der Waals surface area contributed by atoms with E-state index < -0.39 is 5.91 Å². The second-order valence-electron chi connectivity index (χ2n) is 5.90. The van der Waals surface area contributed by atoms with Crippen LogP contribution in [0, 0.1) is 25.2 Å². The van der Waals surface area contributed by atoms with Gasteiger partial charge in [0.25, 0.3) is 5.91 Å². The Hall–Kier alpha value is -2.77. The standard InChI is InChI=1S/C21H21ClN2O2/c1-4-10-26-20-9-8-18(22)12-16(20)11-17(13-23)21(25)24-19-7-5-6-14(2)15(19)3/h5-9,11-12H,4,10H2,1-3H3,(H,24,25)/b17-11+. The van der Waals surface area contributed by atoms with E-state index in [1.54, 1.807) is 18.2 Å². The van der Waals surface area contributed by atoms with Crippen molar-refractivity contribution in [1.82, 2.24) is 0 Å². The summed E-state index contributed by atoms with van der Waals surface area (Å²) in [5.74, 6) is 0.117. The third kappa shape index (κ3) is 4.87. The second kappa shape index (κ2) is 9.07. The Morgan fingerprint density at radius 2 is 2.08 bits per heavy atom. The minimum Gasteiger partial charge on any atom is -0.493 e. The minimum absolute atomic E-state index is 0.0190. The number of nitriles is 1. The number of ether oxygens (including phenoxy) is 1. The number of carbonyl (C=O) groups excluding carboxylic acids is 1. The molecule has 0 aromatic heterocycles. The monoisotopic (exact) mass is 368 g/mol. The highest BCUT2D eigenvalue weighted by atomic mass is 35.5. The van der Waals surface area contributed by atoms with Gasteiger partial charge in [0.05, 0.1) is 6.61 Å². The van der Waals surface area contributed by atoms with Crippen molar-refractivity contribution in [3.8, 4) is 11.8 Å². The molecule has 0 aliphatic heterocycles. The van der Waals surface area contributed by atoms with Gasteiger partial charge in [0.15, 0.2) is 0 Å². The first-order valence-electron chi connectivity index (χ1n) is 8.38. The maximum Gasteiger partial charge on any atom is 0.266 e. The number of benzene rings is 2. The van der Waals surface area contributed by atoms with E-state index in [-0.39, 0.29) is 5.57 Å². The van der Waals surface area contributed by atoms with Gasteiger partial charge in [0.2, 0.25) is 0 Å². The van der Waals surface area contributed by atoms with Crippen molar-refractivity contribution in [3.63, 3.8) is 0 Å². The summed E-state index contributed by atoms with van der Waals surface area (Å²) in [4.78, 5) is 12.5. The molecular weight excluding hydrogens is 348 g/mol. The molecule has 0 fully saturated rings. The van der Waals surface area contributed by atoms with Crippen molar-refractivity contribution in [2.24, 2.45) is 0 Å². The quantitative estimate of drug-likeness (QED) is 0.556. The number of nitrogens with one attached hydrogen (secondary N) is 1. The first-order chi connectivity index (χ1) is 12.5. The van der Waals surface area contributed by atoms with Crippen LogP contribution in [0.2, 0.25) is 5.02 Å². The molecular formula is C21H21ClN2O2. The summed E-state index contributed by atoms with van der Waals surface area (Å²) in [6, 6.07) is 12.7. The zero-order valence-corrected chi connectivity index (χ0v) is 15.9. The molecule has 0 bridgehead atoms. The Morgan fingerprint density at radius 3 is 2.77 bits per heavy atom. The number of anilines is 1. The zero-order chi connectivity index (χ0) is 19.1. The molecule has 2 aromatic rings. The number of amides is 1. The van der Waals surface area contributed by atoms with Crippen LogP contribution < -0.4 is 10.1 Å². The van der Waals surface area contributed by atoms with E-state index in [1.165, 1.54) is 6.08 Å². The van der Waals surface area contributed by atoms with Crippen LogP contribution in [0.1, 0.15) is 30.0 Å². The van der Waals surface area contributed by atoms with Crippen molar-refractivity contribution in [2.75, 3.05) is 11.9 Å². The molecule has 4 nitrogen and oxygen atoms in total. The second-order valence-corrected chi connectivity index (χ2v) is 6.34. The molecule has 0 atom stereocenters. The van der Waals surface area contributed by atoms with Crippen LogP contribution in [-0.4, -0.2) is 12.5 Å². The number of carbonyl (C=O) groups is 1. The highest BCUT2D eigenvalue weighted by Crippen LogP contribution is 2.26. The fraction of sp³-hybridized carbons (Fsp3) is 0.238. The lowest BCUT2D eigenvalue weighted by atomic mass is 10.1. The first-order valence-corrected chi connectivity index (χ1v) is 8.75. The molecule has 0 aliphatic carbocycles. The lowest BCUT2D eigenvalue weighted by Gasteiger charge is -2.11. The van der Waals surface area contributed by atoms with Gasteiger partial charge in [-0.25, -0.2) is 0 Å². The molecule has 0 unspecified atom stereocenters. The molecule has 0 saturated heterocycles. The molecule has 0 heterocycles. The van der Waals surface area contributed by atoms with Crippen molar-refractivity contribution in [1.29, 1.82) is 5.26 Å². The summed E-state index contributed by atoms with van der Waals surface area (Å²) in [6.45, 7) is 6.44. The van der Waals surface area contributed by atoms with E-state index in [4.69, 9.17) is 16.3 Å². The van der Waals surface area contributed by atoms with Gasteiger partial charge in [-0.2, -0.15) is 5.26 Å². The predicted molar refractivity (Wildman–Crippen MR) is 105 cm³/mol. The Balaban J connectivity index is 2.33. The van der Waals surface area contributed by atoms with Crippen LogP contribution in [0.25, 0.3) is 6.08 Å². The highest BCUT2D eigenvalue weighted by molar-refractivity contribution is 6.30. The smallest absolute Gasteiger partial charge is 0.266 e. The van der Waals surface area contributed by atoms with Gasteiger partial charge in [0, 0.05) is 16.3 Å². The normalized spacial score (nSPS) is 11.0. The molecule has 0 saturated carbocycles. The van der Waals surface area contributed by atoms with Crippen LogP contribution in [0.4, 0.5) is 5.69 Å². The topological polar surface area (TPSA) is 62.1 Å². The van der Waals surface area contributed by atoms with E-state index >= 15 is 0 Å². The molecule has 1 amide bonds. The largest absolute Gasteiger partial charge is 0.493 e. The van der Waals surface area contributed by atoms with E-state index in [9.17, 15) is 10.1 Å². The van der Waals surface area contributed by atoms with Crippen molar-refractivity contribution < 1.29 is 9.53 Å². The number of hydrogen-bond donors (Lipinski definition) is 1. The average Bonchev–Trinajstić information content (AvgIpc) is 2.62. The van der Waals surface area contributed by atoms with Crippen LogP contribution in [0.15, 0.2) is 42.0 Å². The molecule has 0 aliphatic rings. The van der Waals surface area contributed by atoms with Crippen LogP contribution in [0.5, 0.6) is 5.75 Å². The Kier molecular flexibility index (Phi) is 6.82. The van der Waals surface area contributed by atoms with Gasteiger partial charge < -0.3 is 10.1 Å². The van der Waals surface area contributed by atoms with Gasteiger partial charge in [-0.05, 0) is 61.7 Å². The predicted octanol–water partition coefficient (Wildman–Crippen LogP) is 5.29. The summed E-state index contributed by atoms with van der Waals surface area (Å²) in [5.41, 5.74) is 3.29. The first kappa shape index (κ1) is 19.6. The molecule has 1 N–H and O–H groups in total. The number of rotatable bonds is 6. The van der Waals surface area contributed by atoms with Gasteiger partial charge in [0.1, 0.15) is 17.4 Å². The number of hydrogen-bond acceptors (Lipinski definition) is 3. The molecule has 5 heteroatoms. The minimum atomic E-state index is -0.470. The third-order valence-electron chi connectivity index (χ3n) is 3.95. The fourth-order valence-corrected chi connectivity index (χ4v) is 2.54. The fourth-order valence-electron chi connectivity index (χ4n) is 2.36. The lowest BCUT2D eigenvalue weighted by molar-refractivity contribution is -0.112. The van der Waals surface area contributed by atoms with E-state index in [2.05, 4.69) is 5.32 Å². The summed E-state index contributed by atoms with van der Waals surface area (Å²) in [6.07, 6.45) is 2.35. The number of nitrogens with zero attached hydrogens (tertiary/aromatic N) is 1. The molecule has 2 aromatic carbocycles. The van der Waals surface area contributed by atoms with Gasteiger partial charge in [-0.3, -0.25) is 4.79 Å². The van der Waals surface area contributed by atoms with E-state index in [0.29, 0.717) is 28.6 Å². The summed E-state index contributed by atoms with van der Waals surface area (Å²) < 4.78 is 5.68. The lowest BCUT2D eigenvalue weighted by Crippen LogP contribution is -2.14. The van der Waals surface area contributed by atoms with Crippen molar-refractivity contribution in [3.05, 3.63) is 63.7 Å². The maximum absolute atomic E-state index is 12.5. The summed E-state index contributed by atoms with van der Waals surface area (Å²) in [5, 5.41) is 12.7. The zero-order valence-electron chi connectivity index (χ0n) is 15.1. The molecule has 0 radical (unpaired) electrons. The molecule has 0 spiro atoms. The molecule has 26 heavy (non-hydrogen) atoms. The van der Waals surface area contributed by atoms with Gasteiger partial charge in [-0.15, -0.1) is 0 Å². The summed E-state index contributed by atoms with van der Waals surface area (Å²) >= 11 is 6.06. The Labute approximate surface area is 159 Å². The summed E-state index contributed by atoms with van der Waals surface area (Å²) in [7, 11) is 0. The Morgan fingerprint density at radius 1 is 1.31 bits per heavy atom. The van der Waals surface area contributed by atoms with Crippen LogP contribution in [0.3, 0.4) is 0 Å². The third-order valence-corrected chi connectivity index (χ3v) is 4.19. The highest BCUT2D eigenvalue weighted by Gasteiger charge is 2.13. The SMILES string of the molecule is CCCOc1ccc(Cl)cc1/C=C(\C#N)C(=O)Nc1cccc(C)c1C. The molecule has 2 rings (SSSR count). The van der Waals surface area contributed by atoms with Crippen molar-refractivity contribution >= 4 is 29.3 Å². The maximum atomic E-state index is 12.5. The van der Waals surface area contributed by atoms with Gasteiger partial charge in [-0.1, -0.05) is 30.7 Å². The van der Waals surface area contributed by atoms with Crippen LogP contribution >= 0.6 is 11.6 Å². The average molecular weight is 369 g/mol. The van der Waals surface area contributed by atoms with E-state index in [0.717, 1.165) is 17.5 Å². The van der Waals surface area contributed by atoms with Gasteiger partial charge >= 0.3 is 0 Å². The number of halogens is 1. The van der Waals surface area contributed by atoms with E-state index in [1.807, 2.05) is 45.0 Å². The van der Waals surface area contributed by atoms with Crippen molar-refractivity contribution in [2.45, 2.75) is 27.2 Å². The van der Waals surface area contributed by atoms with Crippen LogP contribution in [-0.2, 0) is 4.79 Å². The Bertz CT molecular complexity index is 882. The molecule has 134 valence electrons. The number of aryl methyl sites for hydroxylation is 1.